The molecule has 1 heterocycles. The van der Waals surface area contributed by atoms with Crippen LogP contribution in [0.25, 0.3) is 0 Å². The van der Waals surface area contributed by atoms with Crippen molar-refractivity contribution in [2.24, 2.45) is 0 Å². The summed E-state index contributed by atoms with van der Waals surface area (Å²) in [6, 6.07) is 12.3. The van der Waals surface area contributed by atoms with E-state index < -0.39 is 25.9 Å². The Morgan fingerprint density at radius 1 is 1.04 bits per heavy atom. The minimum atomic E-state index is -3.81. The third-order valence-electron chi connectivity index (χ3n) is 4.64. The van der Waals surface area contributed by atoms with Crippen molar-refractivity contribution in [2.45, 2.75) is 35.6 Å². The summed E-state index contributed by atoms with van der Waals surface area (Å²) in [5.41, 5.74) is 0.478. The zero-order valence-corrected chi connectivity index (χ0v) is 16.7. The average Bonchev–Trinajstić information content (AvgIpc) is 3.06. The molecule has 5 nitrogen and oxygen atoms in total. The Bertz CT molecular complexity index is 1000. The van der Waals surface area contributed by atoms with Gasteiger partial charge in [-0.3, -0.25) is 0 Å². The highest BCUT2D eigenvalue weighted by atomic mass is 35.5. The number of halogens is 1. The van der Waals surface area contributed by atoms with Crippen molar-refractivity contribution in [3.63, 3.8) is 0 Å². The second kappa shape index (κ2) is 7.31. The van der Waals surface area contributed by atoms with Crippen LogP contribution in [0.1, 0.15) is 18.4 Å². The Labute approximate surface area is 159 Å². The van der Waals surface area contributed by atoms with Gasteiger partial charge < -0.3 is 0 Å². The molecule has 1 fully saturated rings. The van der Waals surface area contributed by atoms with Crippen molar-refractivity contribution in [3.8, 4) is 0 Å². The molecule has 3 rings (SSSR count). The second-order valence-electron chi connectivity index (χ2n) is 6.37. The first-order chi connectivity index (χ1) is 12.2. The van der Waals surface area contributed by atoms with Crippen LogP contribution in [0.4, 0.5) is 0 Å². The largest absolute Gasteiger partial charge is 0.243 e. The molecule has 140 valence electrons. The predicted molar refractivity (Wildman–Crippen MR) is 102 cm³/mol. The summed E-state index contributed by atoms with van der Waals surface area (Å²) in [6.45, 7) is 1.96. The Morgan fingerprint density at radius 3 is 2.42 bits per heavy atom. The fourth-order valence-corrected chi connectivity index (χ4v) is 7.15. The van der Waals surface area contributed by atoms with Crippen molar-refractivity contribution in [2.75, 3.05) is 12.3 Å². The molecular weight excluding hydrogens is 394 g/mol. The molecule has 0 bridgehead atoms. The maximum atomic E-state index is 13.1. The van der Waals surface area contributed by atoms with E-state index in [1.54, 1.807) is 37.3 Å². The van der Waals surface area contributed by atoms with Gasteiger partial charge in [0, 0.05) is 17.6 Å². The highest BCUT2D eigenvalue weighted by Crippen LogP contribution is 2.31. The highest BCUT2D eigenvalue weighted by molar-refractivity contribution is 7.91. The van der Waals surface area contributed by atoms with E-state index in [2.05, 4.69) is 0 Å². The van der Waals surface area contributed by atoms with E-state index in [4.69, 9.17) is 11.6 Å². The Kier molecular flexibility index (Phi) is 5.44. The number of sulfone groups is 1. The van der Waals surface area contributed by atoms with E-state index >= 15 is 0 Å². The number of sulfonamides is 1. The SMILES string of the molecule is Cc1c(Cl)cccc1S(=O)(=O)N1CCC[C@@H]1CS(=O)(=O)c1ccccc1. The number of nitrogens with zero attached hydrogens (tertiary/aromatic N) is 1. The molecular formula is C18H20ClNO4S2. The molecule has 0 aliphatic carbocycles. The summed E-state index contributed by atoms with van der Waals surface area (Å²) in [6.07, 6.45) is 1.15. The van der Waals surface area contributed by atoms with Gasteiger partial charge in [-0.15, -0.1) is 0 Å². The zero-order chi connectivity index (χ0) is 18.9. The maximum Gasteiger partial charge on any atom is 0.243 e. The summed E-state index contributed by atoms with van der Waals surface area (Å²) in [4.78, 5) is 0.345. The minimum Gasteiger partial charge on any atom is -0.224 e. The lowest BCUT2D eigenvalue weighted by Crippen LogP contribution is -2.39. The summed E-state index contributed by atoms with van der Waals surface area (Å²) >= 11 is 6.07. The van der Waals surface area contributed by atoms with Crippen LogP contribution in [-0.4, -0.2) is 39.5 Å². The molecule has 0 saturated carbocycles. The highest BCUT2D eigenvalue weighted by Gasteiger charge is 2.38. The quantitative estimate of drug-likeness (QED) is 0.754. The Balaban J connectivity index is 1.92. The van der Waals surface area contributed by atoms with Gasteiger partial charge in [0.25, 0.3) is 0 Å². The van der Waals surface area contributed by atoms with Gasteiger partial charge in [-0.25, -0.2) is 16.8 Å². The molecule has 0 N–H and O–H groups in total. The van der Waals surface area contributed by atoms with Crippen LogP contribution < -0.4 is 0 Å². The summed E-state index contributed by atoms with van der Waals surface area (Å²) in [5, 5.41) is 0.374. The van der Waals surface area contributed by atoms with Crippen LogP contribution in [0.2, 0.25) is 5.02 Å². The minimum absolute atomic E-state index is 0.133. The fraction of sp³-hybridized carbons (Fsp3) is 0.333. The van der Waals surface area contributed by atoms with Crippen LogP contribution in [0, 0.1) is 6.92 Å². The van der Waals surface area contributed by atoms with Crippen LogP contribution >= 0.6 is 11.6 Å². The van der Waals surface area contributed by atoms with Crippen molar-refractivity contribution >= 4 is 31.5 Å². The molecule has 1 saturated heterocycles. The van der Waals surface area contributed by atoms with Crippen LogP contribution in [0.3, 0.4) is 0 Å². The summed E-state index contributed by atoms with van der Waals surface area (Å²) < 4.78 is 52.9. The van der Waals surface area contributed by atoms with E-state index in [1.807, 2.05) is 0 Å². The standard InChI is InChI=1S/C18H20ClNO4S2/c1-14-17(19)10-5-11-18(14)26(23,24)20-12-6-7-15(20)13-25(21,22)16-8-3-2-4-9-16/h2-5,8-11,15H,6-7,12-13H2,1H3/t15-/m1/s1. The number of hydrogen-bond donors (Lipinski definition) is 0. The van der Waals surface area contributed by atoms with Gasteiger partial charge in [-0.05, 0) is 49.6 Å². The normalized spacial score (nSPS) is 18.9. The molecule has 1 atom stereocenters. The zero-order valence-electron chi connectivity index (χ0n) is 14.3. The molecule has 0 unspecified atom stereocenters. The van der Waals surface area contributed by atoms with Crippen molar-refractivity contribution in [3.05, 3.63) is 59.1 Å². The molecule has 26 heavy (non-hydrogen) atoms. The number of benzene rings is 2. The van der Waals surface area contributed by atoms with Crippen molar-refractivity contribution in [1.82, 2.24) is 4.31 Å². The van der Waals surface area contributed by atoms with E-state index in [0.29, 0.717) is 30.0 Å². The molecule has 2 aromatic rings. The van der Waals surface area contributed by atoms with Gasteiger partial charge in [0.1, 0.15) is 0 Å². The first-order valence-electron chi connectivity index (χ1n) is 8.28. The third-order valence-corrected chi connectivity index (χ3v) is 8.96. The van der Waals surface area contributed by atoms with Crippen LogP contribution in [-0.2, 0) is 19.9 Å². The molecule has 0 spiro atoms. The number of hydrogen-bond acceptors (Lipinski definition) is 4. The lowest BCUT2D eigenvalue weighted by molar-refractivity contribution is 0.407. The van der Waals surface area contributed by atoms with Crippen LogP contribution in [0.15, 0.2) is 58.3 Å². The van der Waals surface area contributed by atoms with Gasteiger partial charge in [0.15, 0.2) is 9.84 Å². The second-order valence-corrected chi connectivity index (χ2v) is 10.7. The summed E-state index contributed by atoms with van der Waals surface area (Å²) in [7, 11) is -7.38. The van der Waals surface area contributed by atoms with E-state index in [1.165, 1.54) is 22.5 Å². The Morgan fingerprint density at radius 2 is 1.73 bits per heavy atom. The average molecular weight is 414 g/mol. The Hall–Kier alpha value is -1.41. The molecule has 2 aromatic carbocycles. The predicted octanol–water partition coefficient (Wildman–Crippen LogP) is 3.28. The van der Waals surface area contributed by atoms with Crippen molar-refractivity contribution in [1.29, 1.82) is 0 Å². The number of rotatable bonds is 5. The monoisotopic (exact) mass is 413 g/mol. The third kappa shape index (κ3) is 3.67. The van der Waals surface area contributed by atoms with Gasteiger partial charge in [-0.1, -0.05) is 35.9 Å². The van der Waals surface area contributed by atoms with Gasteiger partial charge in [-0.2, -0.15) is 4.31 Å². The van der Waals surface area contributed by atoms with E-state index in [0.717, 1.165) is 0 Å². The van der Waals surface area contributed by atoms with E-state index in [-0.39, 0.29) is 15.5 Å². The van der Waals surface area contributed by atoms with Gasteiger partial charge in [0.05, 0.1) is 15.5 Å². The molecule has 0 amide bonds. The molecule has 0 radical (unpaired) electrons. The van der Waals surface area contributed by atoms with E-state index in [9.17, 15) is 16.8 Å². The lowest BCUT2D eigenvalue weighted by atomic mass is 10.2. The lowest BCUT2D eigenvalue weighted by Gasteiger charge is -2.25. The van der Waals surface area contributed by atoms with Gasteiger partial charge in [0.2, 0.25) is 10.0 Å². The smallest absolute Gasteiger partial charge is 0.224 e. The van der Waals surface area contributed by atoms with Crippen LogP contribution in [0.5, 0.6) is 0 Å². The first kappa shape index (κ1) is 19.4. The summed E-state index contributed by atoms with van der Waals surface area (Å²) in [5.74, 6) is -0.226. The molecule has 1 aliphatic rings. The maximum absolute atomic E-state index is 13.1. The fourth-order valence-electron chi connectivity index (χ4n) is 3.26. The molecule has 1 aliphatic heterocycles. The van der Waals surface area contributed by atoms with Gasteiger partial charge >= 0.3 is 0 Å². The first-order valence-corrected chi connectivity index (χ1v) is 11.8. The molecule has 8 heteroatoms. The van der Waals surface area contributed by atoms with Crippen molar-refractivity contribution < 1.29 is 16.8 Å². The topological polar surface area (TPSA) is 71.5 Å². The molecule has 0 aromatic heterocycles.